The quantitative estimate of drug-likeness (QED) is 0.874. The van der Waals surface area contributed by atoms with E-state index in [2.05, 4.69) is 21.2 Å². The van der Waals surface area contributed by atoms with E-state index in [4.69, 9.17) is 16.7 Å². The Balaban J connectivity index is 2.33. The highest BCUT2D eigenvalue weighted by Crippen LogP contribution is 2.27. The van der Waals surface area contributed by atoms with E-state index >= 15 is 0 Å². The van der Waals surface area contributed by atoms with Gasteiger partial charge in [0.1, 0.15) is 0 Å². The van der Waals surface area contributed by atoms with Gasteiger partial charge in [-0.2, -0.15) is 0 Å². The number of benzene rings is 2. The van der Waals surface area contributed by atoms with Crippen molar-refractivity contribution in [3.63, 3.8) is 0 Å². The third-order valence-electron chi connectivity index (χ3n) is 2.60. The minimum atomic E-state index is -1.11. The molecule has 0 aliphatic heterocycles. The van der Waals surface area contributed by atoms with E-state index in [9.17, 15) is 9.59 Å². The van der Waals surface area contributed by atoms with Gasteiger partial charge in [-0.25, -0.2) is 4.79 Å². The van der Waals surface area contributed by atoms with Crippen LogP contribution in [0.1, 0.15) is 20.7 Å². The Morgan fingerprint density at radius 2 is 1.70 bits per heavy atom. The molecule has 2 N–H and O–H groups in total. The average molecular weight is 355 g/mol. The number of carboxylic acid groups (broad SMARTS) is 1. The lowest BCUT2D eigenvalue weighted by Gasteiger charge is -2.09. The van der Waals surface area contributed by atoms with Crippen molar-refractivity contribution >= 4 is 45.1 Å². The van der Waals surface area contributed by atoms with E-state index in [-0.39, 0.29) is 21.8 Å². The first-order valence-corrected chi connectivity index (χ1v) is 6.75. The molecule has 0 aliphatic carbocycles. The molecule has 6 heteroatoms. The van der Waals surface area contributed by atoms with Crippen LogP contribution in [0.4, 0.5) is 5.69 Å². The van der Waals surface area contributed by atoms with Crippen LogP contribution in [0.5, 0.6) is 0 Å². The van der Waals surface area contributed by atoms with Crippen molar-refractivity contribution < 1.29 is 14.7 Å². The van der Waals surface area contributed by atoms with Crippen LogP contribution in [0.3, 0.4) is 0 Å². The first kappa shape index (κ1) is 14.6. The molecule has 2 aromatic rings. The Morgan fingerprint density at radius 3 is 2.40 bits per heavy atom. The normalized spacial score (nSPS) is 10.1. The number of nitrogens with one attached hydrogen (secondary N) is 1. The molecule has 0 unspecified atom stereocenters. The van der Waals surface area contributed by atoms with Gasteiger partial charge in [0, 0.05) is 4.47 Å². The molecule has 1 amide bonds. The number of aromatic carboxylic acids is 1. The molecule has 0 aromatic heterocycles. The van der Waals surface area contributed by atoms with Gasteiger partial charge in [-0.3, -0.25) is 4.79 Å². The summed E-state index contributed by atoms with van der Waals surface area (Å²) in [5, 5.41) is 11.9. The summed E-state index contributed by atoms with van der Waals surface area (Å²) in [6.07, 6.45) is 0. The zero-order chi connectivity index (χ0) is 14.7. The van der Waals surface area contributed by atoms with Crippen LogP contribution in [0.2, 0.25) is 5.02 Å². The van der Waals surface area contributed by atoms with E-state index < -0.39 is 11.9 Å². The maximum absolute atomic E-state index is 12.2. The smallest absolute Gasteiger partial charge is 0.337 e. The largest absolute Gasteiger partial charge is 0.478 e. The van der Waals surface area contributed by atoms with E-state index in [0.29, 0.717) is 4.47 Å². The summed E-state index contributed by atoms with van der Waals surface area (Å²) >= 11 is 9.26. The third-order valence-corrected chi connectivity index (χ3v) is 3.90. The van der Waals surface area contributed by atoms with Crippen molar-refractivity contribution in [2.45, 2.75) is 0 Å². The van der Waals surface area contributed by atoms with E-state index in [0.717, 1.165) is 0 Å². The highest BCUT2D eigenvalue weighted by Gasteiger charge is 2.15. The second-order valence-electron chi connectivity index (χ2n) is 3.91. The number of anilines is 1. The van der Waals surface area contributed by atoms with Gasteiger partial charge in [-0.15, -0.1) is 0 Å². The van der Waals surface area contributed by atoms with E-state index in [1.807, 2.05) is 0 Å². The van der Waals surface area contributed by atoms with E-state index in [1.54, 1.807) is 30.3 Å². The molecule has 0 spiro atoms. The van der Waals surface area contributed by atoms with Crippen molar-refractivity contribution in [1.29, 1.82) is 0 Å². The van der Waals surface area contributed by atoms with Crippen LogP contribution in [-0.4, -0.2) is 17.0 Å². The average Bonchev–Trinajstić information content (AvgIpc) is 2.42. The second kappa shape index (κ2) is 6.07. The Bertz CT molecular complexity index is 688. The van der Waals surface area contributed by atoms with Crippen LogP contribution in [0, 0.1) is 0 Å². The summed E-state index contributed by atoms with van der Waals surface area (Å²) in [6, 6.07) is 11.1. The molecule has 0 aliphatic rings. The maximum atomic E-state index is 12.2. The molecule has 0 fully saturated rings. The van der Waals surface area contributed by atoms with Gasteiger partial charge in [-0.05, 0) is 40.2 Å². The van der Waals surface area contributed by atoms with Gasteiger partial charge < -0.3 is 10.4 Å². The summed E-state index contributed by atoms with van der Waals surface area (Å²) in [6.45, 7) is 0. The highest BCUT2D eigenvalue weighted by molar-refractivity contribution is 9.10. The number of amides is 1. The number of halogens is 2. The van der Waals surface area contributed by atoms with Crippen LogP contribution >= 0.6 is 27.5 Å². The Kier molecular flexibility index (Phi) is 4.42. The first-order valence-electron chi connectivity index (χ1n) is 5.58. The van der Waals surface area contributed by atoms with Gasteiger partial charge in [0.25, 0.3) is 5.91 Å². The topological polar surface area (TPSA) is 66.4 Å². The lowest BCUT2D eigenvalue weighted by Crippen LogP contribution is -2.15. The third kappa shape index (κ3) is 3.00. The van der Waals surface area contributed by atoms with Crippen LogP contribution in [0.15, 0.2) is 46.9 Å². The number of carboxylic acids is 1. The van der Waals surface area contributed by atoms with E-state index in [1.165, 1.54) is 12.1 Å². The summed E-state index contributed by atoms with van der Waals surface area (Å²) in [5.41, 5.74) is 0.509. The number of carbonyl (C=O) groups is 2. The predicted octanol–water partition coefficient (Wildman–Crippen LogP) is 4.05. The maximum Gasteiger partial charge on any atom is 0.337 e. The molecule has 2 rings (SSSR count). The zero-order valence-corrected chi connectivity index (χ0v) is 12.4. The summed E-state index contributed by atoms with van der Waals surface area (Å²) < 4.78 is 0.596. The van der Waals surface area contributed by atoms with Crippen molar-refractivity contribution in [3.05, 3.63) is 63.1 Å². The van der Waals surface area contributed by atoms with Crippen LogP contribution in [0.25, 0.3) is 0 Å². The molecule has 2 aromatic carbocycles. The Hall–Kier alpha value is -1.85. The number of para-hydroxylation sites is 1. The minimum Gasteiger partial charge on any atom is -0.478 e. The number of carbonyl (C=O) groups excluding carboxylic acids is 1. The molecule has 0 saturated carbocycles. The SMILES string of the molecule is O=C(O)c1ccccc1NC(=O)c1cccc(Br)c1Cl. The monoisotopic (exact) mass is 353 g/mol. The molecule has 4 nitrogen and oxygen atoms in total. The van der Waals surface area contributed by atoms with Gasteiger partial charge in [0.05, 0.1) is 21.8 Å². The van der Waals surface area contributed by atoms with Gasteiger partial charge in [0.15, 0.2) is 0 Å². The lowest BCUT2D eigenvalue weighted by atomic mass is 10.1. The highest BCUT2D eigenvalue weighted by atomic mass is 79.9. The summed E-state index contributed by atoms with van der Waals surface area (Å²) in [4.78, 5) is 23.2. The molecule has 20 heavy (non-hydrogen) atoms. The van der Waals surface area contributed by atoms with Gasteiger partial charge >= 0.3 is 5.97 Å². The van der Waals surface area contributed by atoms with Crippen LogP contribution < -0.4 is 5.32 Å². The van der Waals surface area contributed by atoms with Gasteiger partial charge in [-0.1, -0.05) is 29.8 Å². The fraction of sp³-hybridized carbons (Fsp3) is 0. The molecule has 0 bridgehead atoms. The predicted molar refractivity (Wildman–Crippen MR) is 80.5 cm³/mol. The Morgan fingerprint density at radius 1 is 1.05 bits per heavy atom. The molecular formula is C14H9BrClNO3. The van der Waals surface area contributed by atoms with Gasteiger partial charge in [0.2, 0.25) is 0 Å². The Labute approximate surface area is 128 Å². The molecule has 102 valence electrons. The summed E-state index contributed by atoms with van der Waals surface area (Å²) in [7, 11) is 0. The fourth-order valence-electron chi connectivity index (χ4n) is 1.65. The zero-order valence-electron chi connectivity index (χ0n) is 10.1. The molecule has 0 heterocycles. The number of hydrogen-bond acceptors (Lipinski definition) is 2. The van der Waals surface area contributed by atoms with Crippen molar-refractivity contribution in [2.75, 3.05) is 5.32 Å². The summed E-state index contributed by atoms with van der Waals surface area (Å²) in [5.74, 6) is -1.58. The van der Waals surface area contributed by atoms with Crippen molar-refractivity contribution in [2.24, 2.45) is 0 Å². The lowest BCUT2D eigenvalue weighted by molar-refractivity contribution is 0.0698. The molecule has 0 radical (unpaired) electrons. The van der Waals surface area contributed by atoms with Crippen LogP contribution in [-0.2, 0) is 0 Å². The molecular weight excluding hydrogens is 346 g/mol. The second-order valence-corrected chi connectivity index (χ2v) is 5.14. The molecule has 0 saturated heterocycles. The standard InChI is InChI=1S/C14H9BrClNO3/c15-10-6-3-5-9(12(10)16)13(18)17-11-7-2-1-4-8(11)14(19)20/h1-7H,(H,17,18)(H,19,20). The first-order chi connectivity index (χ1) is 9.50. The fourth-order valence-corrected chi connectivity index (χ4v) is 2.23. The van der Waals surface area contributed by atoms with Crippen molar-refractivity contribution in [3.8, 4) is 0 Å². The number of rotatable bonds is 3. The van der Waals surface area contributed by atoms with Crippen molar-refractivity contribution in [1.82, 2.24) is 0 Å². The molecule has 0 atom stereocenters. The number of hydrogen-bond donors (Lipinski definition) is 2. The minimum absolute atomic E-state index is 0.0203.